The summed E-state index contributed by atoms with van der Waals surface area (Å²) in [6.07, 6.45) is 7.26. The number of likely N-dealkylation sites (tertiary alicyclic amines) is 1. The normalized spacial score (nSPS) is 19.2. The molecule has 1 aromatic carbocycles. The van der Waals surface area contributed by atoms with Crippen LogP contribution in [0.5, 0.6) is 0 Å². The fraction of sp³-hybridized carbons (Fsp3) is 0.474. The molecule has 0 radical (unpaired) electrons. The Kier molecular flexibility index (Phi) is 6.34. The van der Waals surface area contributed by atoms with Gasteiger partial charge in [0, 0.05) is 43.5 Å². The Morgan fingerprint density at radius 2 is 1.85 bits per heavy atom. The van der Waals surface area contributed by atoms with E-state index in [2.05, 4.69) is 19.6 Å². The number of aromatic nitrogens is 2. The molecule has 0 saturated carbocycles. The van der Waals surface area contributed by atoms with Gasteiger partial charge in [0.15, 0.2) is 0 Å². The molecule has 6 nitrogen and oxygen atoms in total. The molecular weight excluding hydrogens is 348 g/mol. The first-order chi connectivity index (χ1) is 12.6. The summed E-state index contributed by atoms with van der Waals surface area (Å²) in [6.45, 7) is 4.67. The molecule has 3 rings (SSSR count). The number of rotatable bonds is 6. The average molecular weight is 375 g/mol. The van der Waals surface area contributed by atoms with E-state index in [0.717, 1.165) is 56.7 Å². The van der Waals surface area contributed by atoms with Crippen molar-refractivity contribution in [2.75, 3.05) is 13.1 Å². The summed E-state index contributed by atoms with van der Waals surface area (Å²) in [5, 5.41) is 0. The van der Waals surface area contributed by atoms with Gasteiger partial charge in [-0.2, -0.15) is 0 Å². The molecule has 1 saturated heterocycles. The van der Waals surface area contributed by atoms with Crippen molar-refractivity contribution < 1.29 is 8.42 Å². The molecule has 1 fully saturated rings. The number of aryl methyl sites for hydroxylation is 1. The molecule has 0 unspecified atom stereocenters. The van der Waals surface area contributed by atoms with Crippen molar-refractivity contribution >= 4 is 10.0 Å². The minimum atomic E-state index is -3.45. The minimum absolute atomic E-state index is 0.0241. The maximum Gasteiger partial charge on any atom is 0.240 e. The summed E-state index contributed by atoms with van der Waals surface area (Å²) in [6, 6.07) is 8.55. The highest BCUT2D eigenvalue weighted by Crippen LogP contribution is 2.16. The average Bonchev–Trinajstić information content (AvgIpc) is 2.88. The fourth-order valence-electron chi connectivity index (χ4n) is 3.22. The highest BCUT2D eigenvalue weighted by atomic mass is 32.2. The maximum atomic E-state index is 12.5. The highest BCUT2D eigenvalue weighted by molar-refractivity contribution is 7.89. The molecule has 1 aromatic heterocycles. The topological polar surface area (TPSA) is 75.2 Å². The third-order valence-corrected chi connectivity index (χ3v) is 6.21. The Morgan fingerprint density at radius 3 is 2.54 bits per heavy atom. The van der Waals surface area contributed by atoms with Gasteiger partial charge in [-0.15, -0.1) is 0 Å². The summed E-state index contributed by atoms with van der Waals surface area (Å²) < 4.78 is 27.9. The second kappa shape index (κ2) is 8.70. The quantitative estimate of drug-likeness (QED) is 0.840. The molecule has 140 valence electrons. The number of hydrogen-bond donors (Lipinski definition) is 1. The number of nitrogens with one attached hydrogen (secondary N) is 1. The summed E-state index contributed by atoms with van der Waals surface area (Å²) in [4.78, 5) is 11.4. The van der Waals surface area contributed by atoms with Crippen LogP contribution in [0.1, 0.15) is 37.6 Å². The third-order valence-electron chi connectivity index (χ3n) is 4.68. The molecule has 0 aliphatic carbocycles. The molecule has 1 N–H and O–H groups in total. The van der Waals surface area contributed by atoms with Crippen LogP contribution in [0.2, 0.25) is 0 Å². The van der Waals surface area contributed by atoms with Crippen LogP contribution in [0.4, 0.5) is 0 Å². The van der Waals surface area contributed by atoms with Crippen LogP contribution in [-0.2, 0) is 23.0 Å². The molecular formula is C19H26N4O2S. The summed E-state index contributed by atoms with van der Waals surface area (Å²) in [5.41, 5.74) is 1.10. The maximum absolute atomic E-state index is 12.5. The Morgan fingerprint density at radius 1 is 1.12 bits per heavy atom. The zero-order valence-electron chi connectivity index (χ0n) is 15.1. The molecule has 1 aliphatic rings. The van der Waals surface area contributed by atoms with Crippen molar-refractivity contribution in [3.63, 3.8) is 0 Å². The molecule has 0 amide bonds. The van der Waals surface area contributed by atoms with Crippen LogP contribution in [0.15, 0.2) is 47.6 Å². The SMILES string of the molecule is CCc1ncc(CN2CCC[C@@H](NS(=O)(=O)c3ccccc3)CC2)cn1. The van der Waals surface area contributed by atoms with Gasteiger partial charge >= 0.3 is 0 Å². The van der Waals surface area contributed by atoms with Crippen LogP contribution in [0.3, 0.4) is 0 Å². The minimum Gasteiger partial charge on any atom is -0.299 e. The molecule has 1 atom stereocenters. The number of benzene rings is 1. The highest BCUT2D eigenvalue weighted by Gasteiger charge is 2.23. The lowest BCUT2D eigenvalue weighted by Gasteiger charge is -2.20. The van der Waals surface area contributed by atoms with Gasteiger partial charge in [-0.05, 0) is 37.9 Å². The lowest BCUT2D eigenvalue weighted by molar-refractivity contribution is 0.274. The van der Waals surface area contributed by atoms with E-state index in [4.69, 9.17) is 0 Å². The predicted octanol–water partition coefficient (Wildman–Crippen LogP) is 2.37. The standard InChI is InChI=1S/C19H26N4O2S/c1-2-19-20-13-16(14-21-19)15-23-11-6-7-17(10-12-23)22-26(24,25)18-8-4-3-5-9-18/h3-5,8-9,13-14,17,22H,2,6-7,10-12,15H2,1H3/t17-/m1/s1. The zero-order chi connectivity index (χ0) is 18.4. The van der Waals surface area contributed by atoms with Gasteiger partial charge in [-0.1, -0.05) is 25.1 Å². The van der Waals surface area contributed by atoms with Crippen LogP contribution >= 0.6 is 0 Å². The van der Waals surface area contributed by atoms with E-state index in [9.17, 15) is 8.42 Å². The van der Waals surface area contributed by atoms with Crippen molar-refractivity contribution in [1.82, 2.24) is 19.6 Å². The fourth-order valence-corrected chi connectivity index (χ4v) is 4.55. The van der Waals surface area contributed by atoms with Gasteiger partial charge in [0.05, 0.1) is 4.90 Å². The van der Waals surface area contributed by atoms with E-state index < -0.39 is 10.0 Å². The van der Waals surface area contributed by atoms with Gasteiger partial charge in [0.1, 0.15) is 5.82 Å². The predicted molar refractivity (Wildman–Crippen MR) is 101 cm³/mol. The van der Waals surface area contributed by atoms with E-state index in [1.807, 2.05) is 25.4 Å². The summed E-state index contributed by atoms with van der Waals surface area (Å²) in [7, 11) is -3.45. The number of sulfonamides is 1. The molecule has 0 bridgehead atoms. The number of nitrogens with zero attached hydrogens (tertiary/aromatic N) is 3. The second-order valence-electron chi connectivity index (χ2n) is 6.70. The van der Waals surface area contributed by atoms with Crippen molar-refractivity contribution in [3.8, 4) is 0 Å². The Balaban J connectivity index is 1.56. The van der Waals surface area contributed by atoms with Crippen molar-refractivity contribution in [2.45, 2.75) is 50.1 Å². The lowest BCUT2D eigenvalue weighted by atomic mass is 10.1. The van der Waals surface area contributed by atoms with E-state index in [1.165, 1.54) is 0 Å². The van der Waals surface area contributed by atoms with Crippen LogP contribution in [0.25, 0.3) is 0 Å². The van der Waals surface area contributed by atoms with Gasteiger partial charge in [0.25, 0.3) is 0 Å². The van der Waals surface area contributed by atoms with Gasteiger partial charge in [-0.3, -0.25) is 4.90 Å². The lowest BCUT2D eigenvalue weighted by Crippen LogP contribution is -2.35. The van der Waals surface area contributed by atoms with Crippen molar-refractivity contribution in [2.24, 2.45) is 0 Å². The van der Waals surface area contributed by atoms with E-state index in [1.54, 1.807) is 24.3 Å². The number of hydrogen-bond acceptors (Lipinski definition) is 5. The molecule has 1 aliphatic heterocycles. The third kappa shape index (κ3) is 5.09. The Bertz CT molecular complexity index is 794. The Hall–Kier alpha value is -1.83. The molecule has 2 heterocycles. The molecule has 26 heavy (non-hydrogen) atoms. The van der Waals surface area contributed by atoms with Crippen molar-refractivity contribution in [3.05, 3.63) is 54.1 Å². The Labute approximate surface area is 155 Å². The first-order valence-corrected chi connectivity index (χ1v) is 10.6. The van der Waals surface area contributed by atoms with E-state index in [0.29, 0.717) is 4.90 Å². The molecule has 0 spiro atoms. The first kappa shape index (κ1) is 18.9. The second-order valence-corrected chi connectivity index (χ2v) is 8.41. The zero-order valence-corrected chi connectivity index (χ0v) is 16.0. The largest absolute Gasteiger partial charge is 0.299 e. The first-order valence-electron chi connectivity index (χ1n) is 9.16. The van der Waals surface area contributed by atoms with Gasteiger partial charge < -0.3 is 0 Å². The molecule has 7 heteroatoms. The van der Waals surface area contributed by atoms with Crippen molar-refractivity contribution in [1.29, 1.82) is 0 Å². The van der Waals surface area contributed by atoms with E-state index >= 15 is 0 Å². The van der Waals surface area contributed by atoms with Gasteiger partial charge in [-0.25, -0.2) is 23.1 Å². The van der Waals surface area contributed by atoms with Crippen LogP contribution in [-0.4, -0.2) is 42.4 Å². The van der Waals surface area contributed by atoms with Gasteiger partial charge in [0.2, 0.25) is 10.0 Å². The monoisotopic (exact) mass is 374 g/mol. The summed E-state index contributed by atoms with van der Waals surface area (Å²) >= 11 is 0. The van der Waals surface area contributed by atoms with Crippen LogP contribution < -0.4 is 4.72 Å². The molecule has 2 aromatic rings. The smallest absolute Gasteiger partial charge is 0.240 e. The summed E-state index contributed by atoms with van der Waals surface area (Å²) in [5.74, 6) is 0.861. The van der Waals surface area contributed by atoms with E-state index in [-0.39, 0.29) is 6.04 Å². The van der Waals surface area contributed by atoms with Crippen LogP contribution in [0, 0.1) is 0 Å².